The van der Waals surface area contributed by atoms with Gasteiger partial charge < -0.3 is 19.0 Å². The first kappa shape index (κ1) is 32.2. The van der Waals surface area contributed by atoms with Crippen molar-refractivity contribution in [3.8, 4) is 16.9 Å². The number of benzene rings is 2. The molecule has 8 nitrogen and oxygen atoms in total. The SMILES string of the molecule is CCOC(=O)C[C@H](NC(=O)OC(C)(C)C)c1cc(-c2c(C)cc(C3CC3)cc2OS(=O)(=O)C(F)(F)F)cc(C)c1F. The topological polar surface area (TPSA) is 108 Å². The second kappa shape index (κ2) is 11.9. The Balaban J connectivity index is 2.19. The van der Waals surface area contributed by atoms with Crippen LogP contribution in [-0.4, -0.2) is 38.2 Å². The Labute approximate surface area is 236 Å². The molecule has 0 radical (unpaired) electrons. The molecule has 13 heteroatoms. The first-order chi connectivity index (χ1) is 18.8. The number of alkyl carbamates (subject to hydrolysis) is 1. The quantitative estimate of drug-likeness (QED) is 0.146. The lowest BCUT2D eigenvalue weighted by Gasteiger charge is -2.25. The Hall–Kier alpha value is -3.35. The summed E-state index contributed by atoms with van der Waals surface area (Å²) in [4.78, 5) is 25.0. The van der Waals surface area contributed by atoms with Crippen LogP contribution < -0.4 is 9.50 Å². The van der Waals surface area contributed by atoms with Gasteiger partial charge in [0.1, 0.15) is 11.4 Å². The molecule has 1 aliphatic carbocycles. The molecule has 0 unspecified atom stereocenters. The van der Waals surface area contributed by atoms with Gasteiger partial charge in [0, 0.05) is 11.1 Å². The monoisotopic (exact) mass is 603 g/mol. The molecule has 1 saturated carbocycles. The summed E-state index contributed by atoms with van der Waals surface area (Å²) in [5.74, 6) is -2.06. The Morgan fingerprint density at radius 2 is 1.68 bits per heavy atom. The Morgan fingerprint density at radius 1 is 1.05 bits per heavy atom. The number of aryl methyl sites for hydroxylation is 2. The standard InChI is InChI=1S/C28H33F4NO7S/c1-7-38-23(34)14-21(33-26(35)39-27(4,5)6)20-12-19(11-16(3)25(20)29)24-15(2)10-18(17-8-9-17)13-22(24)40-41(36,37)28(30,31)32/h10-13,17,21H,7-9,14H2,1-6H3,(H,33,35)/t21-/m0/s1. The summed E-state index contributed by atoms with van der Waals surface area (Å²) in [6.45, 7) is 9.40. The van der Waals surface area contributed by atoms with Crippen LogP contribution in [0.5, 0.6) is 5.75 Å². The largest absolute Gasteiger partial charge is 0.534 e. The third-order valence-corrected chi connectivity index (χ3v) is 7.13. The lowest BCUT2D eigenvalue weighted by atomic mass is 9.91. The molecule has 0 saturated heterocycles. The fraction of sp³-hybridized carbons (Fsp3) is 0.500. The minimum Gasteiger partial charge on any atom is -0.466 e. The van der Waals surface area contributed by atoms with Crippen LogP contribution in [0.3, 0.4) is 0 Å². The smallest absolute Gasteiger partial charge is 0.466 e. The molecule has 0 aromatic heterocycles. The number of ether oxygens (including phenoxy) is 2. The van der Waals surface area contributed by atoms with E-state index in [4.69, 9.17) is 9.47 Å². The van der Waals surface area contributed by atoms with Crippen molar-refractivity contribution in [3.63, 3.8) is 0 Å². The average molecular weight is 604 g/mol. The van der Waals surface area contributed by atoms with Crippen LogP contribution in [0, 0.1) is 19.7 Å². The highest BCUT2D eigenvalue weighted by Gasteiger charge is 2.49. The number of rotatable bonds is 9. The van der Waals surface area contributed by atoms with Crippen molar-refractivity contribution in [2.45, 2.75) is 83.9 Å². The molecule has 1 atom stereocenters. The normalized spacial score (nSPS) is 14.8. The van der Waals surface area contributed by atoms with E-state index in [1.54, 1.807) is 40.7 Å². The van der Waals surface area contributed by atoms with Crippen molar-refractivity contribution >= 4 is 22.2 Å². The zero-order valence-corrected chi connectivity index (χ0v) is 24.4. The minimum atomic E-state index is -6.03. The van der Waals surface area contributed by atoms with E-state index in [0.717, 1.165) is 12.8 Å². The molecular weight excluding hydrogens is 570 g/mol. The number of hydrogen-bond acceptors (Lipinski definition) is 7. The van der Waals surface area contributed by atoms with Crippen LogP contribution >= 0.6 is 0 Å². The van der Waals surface area contributed by atoms with Crippen molar-refractivity contribution < 1.29 is 49.2 Å². The highest BCUT2D eigenvalue weighted by atomic mass is 32.2. The Bertz CT molecular complexity index is 1430. The number of halogens is 4. The summed E-state index contributed by atoms with van der Waals surface area (Å²) in [6.07, 6.45) is 0.143. The zero-order chi connectivity index (χ0) is 30.9. The van der Waals surface area contributed by atoms with Crippen LogP contribution in [0.1, 0.15) is 81.2 Å². The molecule has 1 fully saturated rings. The number of carbonyl (C=O) groups excluding carboxylic acids is 2. The molecule has 1 N–H and O–H groups in total. The molecule has 226 valence electrons. The van der Waals surface area contributed by atoms with Crippen molar-refractivity contribution in [2.24, 2.45) is 0 Å². The number of esters is 1. The van der Waals surface area contributed by atoms with Gasteiger partial charge in [-0.25, -0.2) is 9.18 Å². The van der Waals surface area contributed by atoms with Gasteiger partial charge in [-0.05, 0) is 101 Å². The highest BCUT2D eigenvalue weighted by Crippen LogP contribution is 2.46. The van der Waals surface area contributed by atoms with Crippen LogP contribution in [0.15, 0.2) is 24.3 Å². The van der Waals surface area contributed by atoms with Crippen LogP contribution in [0.25, 0.3) is 11.1 Å². The van der Waals surface area contributed by atoms with E-state index in [1.807, 2.05) is 0 Å². The van der Waals surface area contributed by atoms with Crippen molar-refractivity contribution in [1.29, 1.82) is 0 Å². The molecule has 1 aliphatic rings. The molecular formula is C28H33F4NO7S. The van der Waals surface area contributed by atoms with E-state index in [-0.39, 0.29) is 34.8 Å². The van der Waals surface area contributed by atoms with Gasteiger partial charge in [0.15, 0.2) is 5.75 Å². The second-order valence-electron chi connectivity index (χ2n) is 10.9. The Kier molecular flexibility index (Phi) is 9.31. The summed E-state index contributed by atoms with van der Waals surface area (Å²) >= 11 is 0. The Morgan fingerprint density at radius 3 is 2.22 bits per heavy atom. The third kappa shape index (κ3) is 8.11. The van der Waals surface area contributed by atoms with Crippen molar-refractivity contribution in [2.75, 3.05) is 6.61 Å². The average Bonchev–Trinajstić information content (AvgIpc) is 3.64. The number of nitrogens with one attached hydrogen (secondary N) is 1. The number of alkyl halides is 3. The number of amides is 1. The lowest BCUT2D eigenvalue weighted by Crippen LogP contribution is -2.36. The minimum absolute atomic E-state index is 0.0151. The molecule has 2 aromatic rings. The molecule has 41 heavy (non-hydrogen) atoms. The fourth-order valence-corrected chi connectivity index (χ4v) is 4.77. The summed E-state index contributed by atoms with van der Waals surface area (Å²) in [5.41, 5.74) is -5.65. The molecule has 0 bridgehead atoms. The fourth-order valence-electron chi connectivity index (χ4n) is 4.31. The highest BCUT2D eigenvalue weighted by molar-refractivity contribution is 7.88. The van der Waals surface area contributed by atoms with Crippen molar-refractivity contribution in [3.05, 3.63) is 52.3 Å². The van der Waals surface area contributed by atoms with Crippen molar-refractivity contribution in [1.82, 2.24) is 5.32 Å². The van der Waals surface area contributed by atoms with Gasteiger partial charge in [-0.3, -0.25) is 4.79 Å². The van der Waals surface area contributed by atoms with E-state index in [9.17, 15) is 31.2 Å². The predicted octanol–water partition coefficient (Wildman–Crippen LogP) is 6.73. The van der Waals surface area contributed by atoms with Gasteiger partial charge in [-0.15, -0.1) is 0 Å². The van der Waals surface area contributed by atoms with Gasteiger partial charge >= 0.3 is 27.7 Å². The molecule has 3 rings (SSSR count). The van der Waals surface area contributed by atoms with Crippen LogP contribution in [0.2, 0.25) is 0 Å². The maximum Gasteiger partial charge on any atom is 0.534 e. The van der Waals surface area contributed by atoms with Crippen LogP contribution in [-0.2, 0) is 24.4 Å². The summed E-state index contributed by atoms with van der Waals surface area (Å²) in [6, 6.07) is 4.22. The van der Waals surface area contributed by atoms with E-state index in [0.29, 0.717) is 11.1 Å². The number of hydrogen-bond donors (Lipinski definition) is 1. The zero-order valence-electron chi connectivity index (χ0n) is 23.6. The molecule has 0 heterocycles. The van der Waals surface area contributed by atoms with Gasteiger partial charge in [0.05, 0.1) is 19.1 Å². The maximum atomic E-state index is 15.6. The van der Waals surface area contributed by atoms with E-state index in [1.165, 1.54) is 25.1 Å². The summed E-state index contributed by atoms with van der Waals surface area (Å²) in [7, 11) is -6.03. The first-order valence-corrected chi connectivity index (χ1v) is 14.3. The number of carbonyl (C=O) groups is 2. The molecule has 2 aromatic carbocycles. The molecule has 0 aliphatic heterocycles. The molecule has 0 spiro atoms. The van der Waals surface area contributed by atoms with Crippen LogP contribution in [0.4, 0.5) is 22.4 Å². The van der Waals surface area contributed by atoms with Gasteiger partial charge in [0.25, 0.3) is 0 Å². The third-order valence-electron chi connectivity index (χ3n) is 6.17. The van der Waals surface area contributed by atoms with E-state index < -0.39 is 57.3 Å². The van der Waals surface area contributed by atoms with E-state index >= 15 is 4.39 Å². The second-order valence-corrected chi connectivity index (χ2v) is 12.4. The predicted molar refractivity (Wildman–Crippen MR) is 142 cm³/mol. The first-order valence-electron chi connectivity index (χ1n) is 12.9. The summed E-state index contributed by atoms with van der Waals surface area (Å²) < 4.78 is 94.3. The lowest BCUT2D eigenvalue weighted by molar-refractivity contribution is -0.143. The molecule has 1 amide bonds. The van der Waals surface area contributed by atoms with Gasteiger partial charge in [-0.1, -0.05) is 6.07 Å². The maximum absolute atomic E-state index is 15.6. The van der Waals surface area contributed by atoms with Gasteiger partial charge in [-0.2, -0.15) is 21.6 Å². The van der Waals surface area contributed by atoms with E-state index in [2.05, 4.69) is 9.50 Å². The summed E-state index contributed by atoms with van der Waals surface area (Å²) in [5, 5.41) is 2.47. The van der Waals surface area contributed by atoms with Gasteiger partial charge in [0.2, 0.25) is 0 Å².